The number of nitrogens with one attached hydrogen (secondary N) is 2. The van der Waals surface area contributed by atoms with E-state index < -0.39 is 6.04 Å². The quantitative estimate of drug-likeness (QED) is 0.840. The maximum absolute atomic E-state index is 12.2. The smallest absolute Gasteiger partial charge is 0.246 e. The van der Waals surface area contributed by atoms with Crippen LogP contribution < -0.4 is 15.4 Å². The number of carbonyl (C=O) groups excluding carboxylic acids is 1. The Labute approximate surface area is 135 Å². The van der Waals surface area contributed by atoms with Crippen LogP contribution in [0.1, 0.15) is 13.8 Å². The molecule has 2 rings (SSSR count). The third-order valence-electron chi connectivity index (χ3n) is 3.06. The molecule has 0 bridgehead atoms. The molecule has 0 aliphatic carbocycles. The van der Waals surface area contributed by atoms with E-state index in [4.69, 9.17) is 16.3 Å². The normalized spacial score (nSPS) is 11.6. The van der Waals surface area contributed by atoms with Gasteiger partial charge in [0.25, 0.3) is 0 Å². The van der Waals surface area contributed by atoms with Crippen molar-refractivity contribution in [3.8, 4) is 5.75 Å². The number of hydrogen-bond donors (Lipinski definition) is 2. The lowest BCUT2D eigenvalue weighted by molar-refractivity contribution is -0.116. The van der Waals surface area contributed by atoms with E-state index in [1.165, 1.54) is 0 Å². The fraction of sp³-hybridized carbons (Fsp3) is 0.235. The van der Waals surface area contributed by atoms with Gasteiger partial charge in [-0.3, -0.25) is 4.79 Å². The fourth-order valence-electron chi connectivity index (χ4n) is 1.95. The van der Waals surface area contributed by atoms with E-state index in [1.807, 2.05) is 31.2 Å². The molecular weight excluding hydrogens is 300 g/mol. The van der Waals surface area contributed by atoms with Crippen LogP contribution in [0.25, 0.3) is 0 Å². The molecule has 0 heterocycles. The largest absolute Gasteiger partial charge is 0.492 e. The highest BCUT2D eigenvalue weighted by atomic mass is 35.5. The van der Waals surface area contributed by atoms with Crippen molar-refractivity contribution >= 4 is 28.9 Å². The zero-order valence-electron chi connectivity index (χ0n) is 12.6. The Morgan fingerprint density at radius 2 is 1.86 bits per heavy atom. The zero-order valence-corrected chi connectivity index (χ0v) is 13.4. The summed E-state index contributed by atoms with van der Waals surface area (Å²) in [7, 11) is 0. The lowest BCUT2D eigenvalue weighted by Gasteiger charge is -2.17. The van der Waals surface area contributed by atoms with Gasteiger partial charge in [-0.15, -0.1) is 0 Å². The van der Waals surface area contributed by atoms with Gasteiger partial charge in [0.2, 0.25) is 5.91 Å². The highest BCUT2D eigenvalue weighted by Crippen LogP contribution is 2.24. The first-order chi connectivity index (χ1) is 10.6. The summed E-state index contributed by atoms with van der Waals surface area (Å²) in [5, 5.41) is 6.64. The van der Waals surface area contributed by atoms with Gasteiger partial charge < -0.3 is 15.4 Å². The molecule has 22 heavy (non-hydrogen) atoms. The summed E-state index contributed by atoms with van der Waals surface area (Å²) in [5.74, 6) is 0.602. The molecule has 5 heteroatoms. The Morgan fingerprint density at radius 3 is 2.55 bits per heavy atom. The minimum atomic E-state index is -0.405. The summed E-state index contributed by atoms with van der Waals surface area (Å²) in [4.78, 5) is 12.2. The Bertz CT molecular complexity index is 629. The van der Waals surface area contributed by atoms with Crippen LogP contribution >= 0.6 is 11.6 Å². The van der Waals surface area contributed by atoms with Gasteiger partial charge in [-0.1, -0.05) is 23.7 Å². The number of para-hydroxylation sites is 2. The minimum Gasteiger partial charge on any atom is -0.492 e. The molecule has 0 saturated carbocycles. The first-order valence-electron chi connectivity index (χ1n) is 7.15. The second-order valence-corrected chi connectivity index (χ2v) is 5.23. The summed E-state index contributed by atoms with van der Waals surface area (Å²) in [6.45, 7) is 4.30. The highest BCUT2D eigenvalue weighted by Gasteiger charge is 2.14. The van der Waals surface area contributed by atoms with Crippen molar-refractivity contribution in [1.29, 1.82) is 0 Å². The molecule has 2 aromatic carbocycles. The summed E-state index contributed by atoms with van der Waals surface area (Å²) in [6, 6.07) is 14.1. The van der Waals surface area contributed by atoms with E-state index in [9.17, 15) is 4.79 Å². The second kappa shape index (κ2) is 7.71. The molecule has 2 N–H and O–H groups in total. The average Bonchev–Trinajstić information content (AvgIpc) is 2.51. The standard InChI is InChI=1S/C17H19ClN2O2/c1-3-22-16-7-5-4-6-15(16)19-12(2)17(21)20-14-10-8-13(18)9-11-14/h4-12,19H,3H2,1-2H3,(H,20,21)/t12-/m1/s1. The second-order valence-electron chi connectivity index (χ2n) is 4.79. The van der Waals surface area contributed by atoms with E-state index in [0.29, 0.717) is 17.3 Å². The zero-order chi connectivity index (χ0) is 15.9. The summed E-state index contributed by atoms with van der Waals surface area (Å²) >= 11 is 5.83. The average molecular weight is 319 g/mol. The van der Waals surface area contributed by atoms with E-state index in [-0.39, 0.29) is 5.91 Å². The van der Waals surface area contributed by atoms with Crippen molar-refractivity contribution in [2.75, 3.05) is 17.2 Å². The van der Waals surface area contributed by atoms with Gasteiger partial charge in [0.05, 0.1) is 12.3 Å². The minimum absolute atomic E-state index is 0.131. The van der Waals surface area contributed by atoms with Gasteiger partial charge in [0, 0.05) is 10.7 Å². The first kappa shape index (κ1) is 16.2. The van der Waals surface area contributed by atoms with Crippen molar-refractivity contribution in [3.63, 3.8) is 0 Å². The van der Waals surface area contributed by atoms with Crippen LogP contribution in [0, 0.1) is 0 Å². The fourth-order valence-corrected chi connectivity index (χ4v) is 2.08. The molecule has 116 valence electrons. The van der Waals surface area contributed by atoms with Crippen molar-refractivity contribution in [1.82, 2.24) is 0 Å². The molecule has 0 aromatic heterocycles. The van der Waals surface area contributed by atoms with Gasteiger partial charge in [-0.25, -0.2) is 0 Å². The summed E-state index contributed by atoms with van der Waals surface area (Å²) in [6.07, 6.45) is 0. The van der Waals surface area contributed by atoms with Crippen LogP contribution in [0.4, 0.5) is 11.4 Å². The van der Waals surface area contributed by atoms with E-state index >= 15 is 0 Å². The van der Waals surface area contributed by atoms with Crippen molar-refractivity contribution in [3.05, 3.63) is 53.6 Å². The van der Waals surface area contributed by atoms with E-state index in [1.54, 1.807) is 31.2 Å². The Kier molecular flexibility index (Phi) is 5.67. The molecule has 2 aromatic rings. The number of carbonyl (C=O) groups is 1. The van der Waals surface area contributed by atoms with Gasteiger partial charge in [-0.05, 0) is 50.2 Å². The van der Waals surface area contributed by atoms with Crippen molar-refractivity contribution in [2.24, 2.45) is 0 Å². The third-order valence-corrected chi connectivity index (χ3v) is 3.32. The molecule has 0 unspecified atom stereocenters. The Balaban J connectivity index is 2.00. The Morgan fingerprint density at radius 1 is 1.18 bits per heavy atom. The number of amides is 1. The number of ether oxygens (including phenoxy) is 1. The van der Waals surface area contributed by atoms with Gasteiger partial charge in [-0.2, -0.15) is 0 Å². The van der Waals surface area contributed by atoms with E-state index in [0.717, 1.165) is 11.4 Å². The third kappa shape index (κ3) is 4.40. The Hall–Kier alpha value is -2.20. The van der Waals surface area contributed by atoms with Crippen LogP contribution in [0.5, 0.6) is 5.75 Å². The predicted octanol–water partition coefficient (Wildman–Crippen LogP) is 4.18. The molecule has 0 aliphatic rings. The number of rotatable bonds is 6. The SMILES string of the molecule is CCOc1ccccc1N[C@H](C)C(=O)Nc1ccc(Cl)cc1. The maximum atomic E-state index is 12.2. The highest BCUT2D eigenvalue weighted by molar-refractivity contribution is 6.30. The van der Waals surface area contributed by atoms with Gasteiger partial charge in [0.15, 0.2) is 0 Å². The first-order valence-corrected chi connectivity index (χ1v) is 7.52. The molecule has 0 fully saturated rings. The lowest BCUT2D eigenvalue weighted by atomic mass is 10.2. The lowest BCUT2D eigenvalue weighted by Crippen LogP contribution is -2.32. The molecule has 0 aliphatic heterocycles. The molecule has 0 spiro atoms. The van der Waals surface area contributed by atoms with E-state index in [2.05, 4.69) is 10.6 Å². The van der Waals surface area contributed by atoms with Crippen molar-refractivity contribution in [2.45, 2.75) is 19.9 Å². The number of anilines is 2. The molecule has 4 nitrogen and oxygen atoms in total. The molecule has 0 radical (unpaired) electrons. The van der Waals surface area contributed by atoms with Crippen LogP contribution in [-0.4, -0.2) is 18.6 Å². The summed E-state index contributed by atoms with van der Waals surface area (Å²) < 4.78 is 5.54. The number of halogens is 1. The molecular formula is C17H19ClN2O2. The number of benzene rings is 2. The molecule has 1 atom stereocenters. The van der Waals surface area contributed by atoms with Crippen LogP contribution in [-0.2, 0) is 4.79 Å². The molecule has 1 amide bonds. The summed E-state index contributed by atoms with van der Waals surface area (Å²) in [5.41, 5.74) is 1.50. The maximum Gasteiger partial charge on any atom is 0.246 e. The predicted molar refractivity (Wildman–Crippen MR) is 90.8 cm³/mol. The topological polar surface area (TPSA) is 50.4 Å². The van der Waals surface area contributed by atoms with Crippen LogP contribution in [0.3, 0.4) is 0 Å². The number of hydrogen-bond acceptors (Lipinski definition) is 3. The van der Waals surface area contributed by atoms with Crippen LogP contribution in [0.15, 0.2) is 48.5 Å². The van der Waals surface area contributed by atoms with Crippen molar-refractivity contribution < 1.29 is 9.53 Å². The molecule has 0 saturated heterocycles. The monoisotopic (exact) mass is 318 g/mol. The van der Waals surface area contributed by atoms with Crippen LogP contribution in [0.2, 0.25) is 5.02 Å². The van der Waals surface area contributed by atoms with Gasteiger partial charge >= 0.3 is 0 Å². The van der Waals surface area contributed by atoms with Gasteiger partial charge in [0.1, 0.15) is 11.8 Å².